The van der Waals surface area contributed by atoms with E-state index in [1.807, 2.05) is 0 Å². The number of rotatable bonds is 5. The Hall–Kier alpha value is -0.580. The van der Waals surface area contributed by atoms with E-state index in [-0.39, 0.29) is 28.8 Å². The fourth-order valence-corrected chi connectivity index (χ4v) is 4.12. The molecular weight excluding hydrogens is 326 g/mol. The second kappa shape index (κ2) is 6.04. The Bertz CT molecular complexity index is 579. The summed E-state index contributed by atoms with van der Waals surface area (Å²) in [4.78, 5) is 11.8. The molecule has 1 unspecified atom stereocenters. The Balaban J connectivity index is 2.49. The van der Waals surface area contributed by atoms with Crippen molar-refractivity contribution in [2.75, 3.05) is 13.2 Å². The first-order valence-corrected chi connectivity index (χ1v) is 8.38. The van der Waals surface area contributed by atoms with E-state index in [0.29, 0.717) is 5.56 Å². The van der Waals surface area contributed by atoms with Crippen molar-refractivity contribution in [3.05, 3.63) is 33.3 Å². The summed E-state index contributed by atoms with van der Waals surface area (Å²) >= 11 is 11.8. The van der Waals surface area contributed by atoms with Gasteiger partial charge in [0.25, 0.3) is 0 Å². The van der Waals surface area contributed by atoms with Crippen molar-refractivity contribution in [3.63, 3.8) is 0 Å². The van der Waals surface area contributed by atoms with Crippen LogP contribution in [0.15, 0.2) is 12.1 Å². The molecule has 1 aromatic rings. The Morgan fingerprint density at radius 3 is 2.30 bits per heavy atom. The highest BCUT2D eigenvalue weighted by Gasteiger charge is 2.46. The van der Waals surface area contributed by atoms with Crippen LogP contribution >= 0.6 is 30.8 Å². The third-order valence-corrected chi connectivity index (χ3v) is 5.62. The van der Waals surface area contributed by atoms with Gasteiger partial charge in [-0.05, 0) is 26.0 Å². The minimum absolute atomic E-state index is 0.169. The van der Waals surface area contributed by atoms with E-state index in [9.17, 15) is 9.36 Å². The Labute approximate surface area is 126 Å². The van der Waals surface area contributed by atoms with Gasteiger partial charge in [-0.1, -0.05) is 23.2 Å². The summed E-state index contributed by atoms with van der Waals surface area (Å²) in [6.45, 7) is 3.69. The monoisotopic (exact) mass is 338 g/mol. The fourth-order valence-electron chi connectivity index (χ4n) is 1.94. The Kier molecular flexibility index (Phi) is 4.77. The molecule has 20 heavy (non-hydrogen) atoms. The largest absolute Gasteiger partial charge is 0.441 e. The molecule has 1 heterocycles. The highest BCUT2D eigenvalue weighted by molar-refractivity contribution is 7.54. The number of cyclic esters (lactones) is 1. The highest BCUT2D eigenvalue weighted by Crippen LogP contribution is 2.64. The third-order valence-electron chi connectivity index (χ3n) is 2.70. The molecule has 1 aliphatic rings. The minimum Gasteiger partial charge on any atom is -0.441 e. The molecule has 0 amide bonds. The maximum atomic E-state index is 12.7. The number of hydrogen-bond acceptors (Lipinski definition) is 5. The van der Waals surface area contributed by atoms with Gasteiger partial charge in [-0.25, -0.2) is 4.79 Å². The summed E-state index contributed by atoms with van der Waals surface area (Å²) in [5.74, 6) is -1.73. The first-order valence-electron chi connectivity index (χ1n) is 6.01. The molecule has 1 atom stereocenters. The molecule has 2 rings (SSSR count). The van der Waals surface area contributed by atoms with Crippen molar-refractivity contribution in [2.45, 2.75) is 19.7 Å². The lowest BCUT2D eigenvalue weighted by Crippen LogP contribution is -2.06. The van der Waals surface area contributed by atoms with Gasteiger partial charge in [-0.15, -0.1) is 0 Å². The molecule has 5 nitrogen and oxygen atoms in total. The van der Waals surface area contributed by atoms with Crippen LogP contribution in [0.5, 0.6) is 0 Å². The normalized spacial score (nSPS) is 18.0. The van der Waals surface area contributed by atoms with Crippen molar-refractivity contribution >= 4 is 36.8 Å². The number of carbonyl (C=O) groups is 1. The molecule has 0 aliphatic carbocycles. The first-order chi connectivity index (χ1) is 9.42. The number of halogens is 2. The zero-order valence-corrected chi connectivity index (χ0v) is 13.3. The summed E-state index contributed by atoms with van der Waals surface area (Å²) in [5, 5.41) is 0.471. The van der Waals surface area contributed by atoms with Gasteiger partial charge in [0.2, 0.25) is 5.85 Å². The molecule has 1 aromatic carbocycles. The van der Waals surface area contributed by atoms with Crippen LogP contribution in [0.4, 0.5) is 0 Å². The lowest BCUT2D eigenvalue weighted by atomic mass is 10.1. The van der Waals surface area contributed by atoms with Crippen LogP contribution in [0.2, 0.25) is 10.0 Å². The first kappa shape index (κ1) is 15.8. The van der Waals surface area contributed by atoms with Gasteiger partial charge in [0.05, 0.1) is 28.8 Å². The van der Waals surface area contributed by atoms with Crippen molar-refractivity contribution in [2.24, 2.45) is 0 Å². The minimum atomic E-state index is -3.62. The zero-order valence-electron chi connectivity index (χ0n) is 10.9. The molecule has 1 aliphatic heterocycles. The average Bonchev–Trinajstić information content (AvgIpc) is 2.69. The second-order valence-electron chi connectivity index (χ2n) is 3.99. The van der Waals surface area contributed by atoms with Crippen LogP contribution in [0.25, 0.3) is 0 Å². The Morgan fingerprint density at radius 2 is 1.75 bits per heavy atom. The van der Waals surface area contributed by atoms with Crippen molar-refractivity contribution < 1.29 is 23.1 Å². The third kappa shape index (κ3) is 2.74. The molecule has 8 heteroatoms. The van der Waals surface area contributed by atoms with E-state index in [0.717, 1.165) is 0 Å². The molecule has 0 radical (unpaired) electrons. The fraction of sp³-hybridized carbons (Fsp3) is 0.417. The van der Waals surface area contributed by atoms with Gasteiger partial charge in [0, 0.05) is 5.56 Å². The second-order valence-corrected chi connectivity index (χ2v) is 6.87. The summed E-state index contributed by atoms with van der Waals surface area (Å²) in [7, 11) is -3.62. The van der Waals surface area contributed by atoms with Gasteiger partial charge in [0.1, 0.15) is 0 Å². The van der Waals surface area contributed by atoms with Crippen LogP contribution in [0.1, 0.15) is 35.6 Å². The number of carbonyl (C=O) groups excluding carboxylic acids is 1. The number of benzene rings is 1. The van der Waals surface area contributed by atoms with E-state index in [1.54, 1.807) is 13.8 Å². The lowest BCUT2D eigenvalue weighted by Gasteiger charge is -2.22. The van der Waals surface area contributed by atoms with E-state index in [1.165, 1.54) is 12.1 Å². The van der Waals surface area contributed by atoms with E-state index < -0.39 is 19.4 Å². The number of ether oxygens (including phenoxy) is 1. The lowest BCUT2D eigenvalue weighted by molar-refractivity contribution is 0.0440. The quantitative estimate of drug-likeness (QED) is 0.587. The molecule has 0 saturated carbocycles. The molecule has 0 fully saturated rings. The van der Waals surface area contributed by atoms with Crippen molar-refractivity contribution in [1.82, 2.24) is 0 Å². The van der Waals surface area contributed by atoms with Crippen molar-refractivity contribution in [3.8, 4) is 0 Å². The number of hydrogen-bond donors (Lipinski definition) is 0. The van der Waals surface area contributed by atoms with Gasteiger partial charge in [-0.3, -0.25) is 4.57 Å². The van der Waals surface area contributed by atoms with Crippen LogP contribution in [0.3, 0.4) is 0 Å². The Morgan fingerprint density at radius 1 is 1.20 bits per heavy atom. The molecule has 0 bridgehead atoms. The molecule has 110 valence electrons. The van der Waals surface area contributed by atoms with Gasteiger partial charge >= 0.3 is 13.6 Å². The van der Waals surface area contributed by atoms with Gasteiger partial charge < -0.3 is 13.8 Å². The average molecular weight is 339 g/mol. The SMILES string of the molecule is CCOP(=O)(OCC)C1OC(=O)c2cc(Cl)c(Cl)cc21. The summed E-state index contributed by atoms with van der Waals surface area (Å²) in [6.07, 6.45) is 0. The van der Waals surface area contributed by atoms with Crippen LogP contribution in [-0.2, 0) is 18.3 Å². The van der Waals surface area contributed by atoms with E-state index >= 15 is 0 Å². The van der Waals surface area contributed by atoms with Crippen LogP contribution in [-0.4, -0.2) is 19.2 Å². The predicted molar refractivity (Wildman–Crippen MR) is 75.5 cm³/mol. The summed E-state index contributed by atoms with van der Waals surface area (Å²) < 4.78 is 28.3. The van der Waals surface area contributed by atoms with E-state index in [2.05, 4.69) is 0 Å². The maximum absolute atomic E-state index is 12.7. The van der Waals surface area contributed by atoms with Crippen LogP contribution < -0.4 is 0 Å². The molecule has 0 spiro atoms. The standard InChI is InChI=1S/C12H13Cl2O5P/c1-3-17-20(16,18-4-2)12-8-6-10(14)9(13)5-7(8)11(15)19-12/h5-6,12H,3-4H2,1-2H3. The number of esters is 1. The summed E-state index contributed by atoms with van der Waals surface area (Å²) in [5.41, 5.74) is 0.596. The van der Waals surface area contributed by atoms with E-state index in [4.69, 9.17) is 37.0 Å². The predicted octanol–water partition coefficient (Wildman–Crippen LogP) is 4.43. The van der Waals surface area contributed by atoms with Gasteiger partial charge in [-0.2, -0.15) is 0 Å². The van der Waals surface area contributed by atoms with Gasteiger partial charge in [0.15, 0.2) is 0 Å². The maximum Gasteiger partial charge on any atom is 0.375 e. The van der Waals surface area contributed by atoms with Crippen molar-refractivity contribution in [1.29, 1.82) is 0 Å². The highest BCUT2D eigenvalue weighted by atomic mass is 35.5. The topological polar surface area (TPSA) is 61.8 Å². The molecular formula is C12H13Cl2O5P. The van der Waals surface area contributed by atoms with Crippen LogP contribution in [0, 0.1) is 0 Å². The zero-order chi connectivity index (χ0) is 14.9. The molecule has 0 aromatic heterocycles. The molecule has 0 saturated heterocycles. The smallest absolute Gasteiger partial charge is 0.375 e. The summed E-state index contributed by atoms with van der Waals surface area (Å²) in [6, 6.07) is 2.85. The number of fused-ring (bicyclic) bond motifs is 1. The molecule has 0 N–H and O–H groups in total.